The van der Waals surface area contributed by atoms with Crippen LogP contribution in [-0.2, 0) is 13.0 Å². The van der Waals surface area contributed by atoms with Crippen molar-refractivity contribution in [1.29, 1.82) is 0 Å². The minimum atomic E-state index is -0.321. The summed E-state index contributed by atoms with van der Waals surface area (Å²) >= 11 is 0. The van der Waals surface area contributed by atoms with Gasteiger partial charge in [0.1, 0.15) is 6.54 Å². The molecule has 2 amide bonds. The molecule has 3 heterocycles. The zero-order valence-electron chi connectivity index (χ0n) is 16.7. The Morgan fingerprint density at radius 2 is 1.68 bits per heavy atom. The fourth-order valence-electron chi connectivity index (χ4n) is 3.94. The highest BCUT2D eigenvalue weighted by molar-refractivity contribution is 6.21. The van der Waals surface area contributed by atoms with E-state index in [1.807, 2.05) is 31.2 Å². The number of amides is 2. The number of hydrogen-bond donors (Lipinski definition) is 1. The van der Waals surface area contributed by atoms with Gasteiger partial charge in [-0.25, -0.2) is 0 Å². The molecule has 31 heavy (non-hydrogen) atoms. The molecular formula is C22H18N6O3. The van der Waals surface area contributed by atoms with Crippen molar-refractivity contribution in [1.82, 2.24) is 30.1 Å². The highest BCUT2D eigenvalue weighted by Crippen LogP contribution is 2.23. The molecule has 4 aromatic rings. The van der Waals surface area contributed by atoms with Gasteiger partial charge in [-0.2, -0.15) is 4.80 Å². The number of carbonyl (C=O) groups is 3. The average Bonchev–Trinajstić information content (AvgIpc) is 3.42. The molecule has 2 aromatic heterocycles. The van der Waals surface area contributed by atoms with E-state index in [1.54, 1.807) is 24.3 Å². The number of tetrazole rings is 1. The lowest BCUT2D eigenvalue weighted by Crippen LogP contribution is -2.32. The number of rotatable bonds is 6. The molecule has 0 unspecified atom stereocenters. The van der Waals surface area contributed by atoms with Crippen LogP contribution in [0.1, 0.15) is 42.6 Å². The van der Waals surface area contributed by atoms with Crippen molar-refractivity contribution in [2.24, 2.45) is 0 Å². The first-order chi connectivity index (χ1) is 15.0. The average molecular weight is 414 g/mol. The molecule has 1 N–H and O–H groups in total. The van der Waals surface area contributed by atoms with Crippen LogP contribution in [0.3, 0.4) is 0 Å². The van der Waals surface area contributed by atoms with Gasteiger partial charge in [0.25, 0.3) is 11.8 Å². The Morgan fingerprint density at radius 3 is 2.42 bits per heavy atom. The lowest BCUT2D eigenvalue weighted by atomic mass is 10.1. The largest absolute Gasteiger partial charge is 0.358 e. The van der Waals surface area contributed by atoms with Crippen LogP contribution >= 0.6 is 0 Å². The second-order valence-corrected chi connectivity index (χ2v) is 7.39. The number of H-pyrrole nitrogens is 1. The number of ketones is 1. The number of fused-ring (bicyclic) bond motifs is 2. The van der Waals surface area contributed by atoms with E-state index in [0.29, 0.717) is 22.5 Å². The summed E-state index contributed by atoms with van der Waals surface area (Å²) in [5, 5.41) is 13.0. The summed E-state index contributed by atoms with van der Waals surface area (Å²) in [6, 6.07) is 14.4. The lowest BCUT2D eigenvalue weighted by Gasteiger charge is -2.11. The molecule has 154 valence electrons. The molecule has 5 rings (SSSR count). The summed E-state index contributed by atoms with van der Waals surface area (Å²) in [6.07, 6.45) is 0.256. The number of nitrogens with zero attached hydrogens (tertiary/aromatic N) is 5. The molecule has 9 heteroatoms. The molecule has 0 saturated carbocycles. The number of imide groups is 1. The summed E-state index contributed by atoms with van der Waals surface area (Å²) in [5.41, 5.74) is 3.11. The Balaban J connectivity index is 1.27. The molecule has 0 fully saturated rings. The Labute approximate surface area is 176 Å². The Morgan fingerprint density at radius 1 is 1.00 bits per heavy atom. The van der Waals surface area contributed by atoms with Crippen LogP contribution in [0.25, 0.3) is 10.9 Å². The van der Waals surface area contributed by atoms with Crippen molar-refractivity contribution < 1.29 is 14.4 Å². The number of aromatic amines is 1. The second-order valence-electron chi connectivity index (χ2n) is 7.39. The monoisotopic (exact) mass is 414 g/mol. The maximum absolute atomic E-state index is 12.9. The number of nitrogens with one attached hydrogen (secondary N) is 1. The first-order valence-electron chi connectivity index (χ1n) is 9.85. The predicted molar refractivity (Wildman–Crippen MR) is 111 cm³/mol. The summed E-state index contributed by atoms with van der Waals surface area (Å²) in [7, 11) is 0. The van der Waals surface area contributed by atoms with Crippen LogP contribution < -0.4 is 0 Å². The first-order valence-corrected chi connectivity index (χ1v) is 9.85. The summed E-state index contributed by atoms with van der Waals surface area (Å²) < 4.78 is 0. The number of aromatic nitrogens is 5. The maximum atomic E-state index is 12.9. The van der Waals surface area contributed by atoms with Crippen molar-refractivity contribution >= 4 is 28.5 Å². The van der Waals surface area contributed by atoms with Crippen LogP contribution in [-0.4, -0.2) is 54.2 Å². The van der Waals surface area contributed by atoms with Gasteiger partial charge in [-0.3, -0.25) is 19.3 Å². The zero-order chi connectivity index (χ0) is 21.5. The van der Waals surface area contributed by atoms with Gasteiger partial charge in [0, 0.05) is 35.1 Å². The van der Waals surface area contributed by atoms with Crippen LogP contribution in [0.15, 0.2) is 48.5 Å². The number of para-hydroxylation sites is 1. The first kappa shape index (κ1) is 18.9. The normalized spacial score (nSPS) is 13.3. The van der Waals surface area contributed by atoms with Crippen LogP contribution in [0.5, 0.6) is 0 Å². The van der Waals surface area contributed by atoms with Gasteiger partial charge in [0.2, 0.25) is 0 Å². The van der Waals surface area contributed by atoms with Gasteiger partial charge in [0.05, 0.1) is 11.1 Å². The Bertz CT molecular complexity index is 1320. The molecule has 0 atom stereocenters. The number of aryl methyl sites for hydroxylation is 1. The predicted octanol–water partition coefficient (Wildman–Crippen LogP) is 2.18. The van der Waals surface area contributed by atoms with Gasteiger partial charge in [-0.1, -0.05) is 30.3 Å². The fourth-order valence-corrected chi connectivity index (χ4v) is 3.94. The van der Waals surface area contributed by atoms with E-state index in [-0.39, 0.29) is 37.1 Å². The van der Waals surface area contributed by atoms with E-state index in [1.165, 1.54) is 9.70 Å². The van der Waals surface area contributed by atoms with E-state index in [4.69, 9.17) is 0 Å². The third kappa shape index (κ3) is 3.20. The van der Waals surface area contributed by atoms with E-state index >= 15 is 0 Å². The van der Waals surface area contributed by atoms with Crippen molar-refractivity contribution in [2.75, 3.05) is 6.54 Å². The SMILES string of the molecule is Cc1[nH]c2ccccc2c1C(=O)Cn1nnc(CCN2C(=O)c3ccccc3C2=O)n1. The number of carbonyl (C=O) groups excluding carboxylic acids is 3. The standard InChI is InChI=1S/C22H18N6O3/c1-13-20(16-8-4-5-9-17(16)23-13)18(29)12-28-25-19(24-26-28)10-11-27-21(30)14-6-2-3-7-15(14)22(27)31/h2-9,23H,10-12H2,1H3. The number of benzene rings is 2. The molecule has 9 nitrogen and oxygen atoms in total. The quantitative estimate of drug-likeness (QED) is 0.382. The van der Waals surface area contributed by atoms with Crippen LogP contribution in [0.4, 0.5) is 0 Å². The Kier molecular flexibility index (Phi) is 4.43. The van der Waals surface area contributed by atoms with E-state index < -0.39 is 0 Å². The van der Waals surface area contributed by atoms with Gasteiger partial charge >= 0.3 is 0 Å². The summed E-state index contributed by atoms with van der Waals surface area (Å²) in [4.78, 5) is 43.4. The molecule has 1 aliphatic heterocycles. The van der Waals surface area contributed by atoms with Crippen molar-refractivity contribution in [3.8, 4) is 0 Å². The number of Topliss-reactive ketones (excluding diaryl/α,β-unsaturated/α-hetero) is 1. The van der Waals surface area contributed by atoms with E-state index in [2.05, 4.69) is 20.4 Å². The molecule has 1 aliphatic rings. The van der Waals surface area contributed by atoms with Crippen molar-refractivity contribution in [2.45, 2.75) is 19.9 Å². The van der Waals surface area contributed by atoms with Crippen LogP contribution in [0, 0.1) is 6.92 Å². The molecule has 0 spiro atoms. The highest BCUT2D eigenvalue weighted by atomic mass is 16.2. The topological polar surface area (TPSA) is 114 Å². The van der Waals surface area contributed by atoms with Gasteiger partial charge in [0.15, 0.2) is 11.6 Å². The third-order valence-electron chi connectivity index (χ3n) is 5.39. The van der Waals surface area contributed by atoms with Gasteiger partial charge < -0.3 is 4.98 Å². The third-order valence-corrected chi connectivity index (χ3v) is 5.39. The van der Waals surface area contributed by atoms with Crippen molar-refractivity contribution in [3.63, 3.8) is 0 Å². The maximum Gasteiger partial charge on any atom is 0.261 e. The zero-order valence-corrected chi connectivity index (χ0v) is 16.7. The van der Waals surface area contributed by atoms with Gasteiger partial charge in [-0.05, 0) is 30.3 Å². The minimum Gasteiger partial charge on any atom is -0.358 e. The highest BCUT2D eigenvalue weighted by Gasteiger charge is 2.34. The van der Waals surface area contributed by atoms with Crippen LogP contribution in [0.2, 0.25) is 0 Å². The summed E-state index contributed by atoms with van der Waals surface area (Å²) in [6.45, 7) is 1.95. The molecule has 0 bridgehead atoms. The minimum absolute atomic E-state index is 0.0529. The van der Waals surface area contributed by atoms with Gasteiger partial charge in [-0.15, -0.1) is 10.2 Å². The van der Waals surface area contributed by atoms with E-state index in [9.17, 15) is 14.4 Å². The Hall–Kier alpha value is -4.14. The summed E-state index contributed by atoms with van der Waals surface area (Å²) in [5.74, 6) is -0.407. The molecule has 0 aliphatic carbocycles. The molecular weight excluding hydrogens is 396 g/mol. The molecule has 0 saturated heterocycles. The molecule has 2 aromatic carbocycles. The van der Waals surface area contributed by atoms with Crippen molar-refractivity contribution in [3.05, 3.63) is 76.7 Å². The lowest BCUT2D eigenvalue weighted by molar-refractivity contribution is 0.0655. The number of hydrogen-bond acceptors (Lipinski definition) is 6. The second kappa shape index (κ2) is 7.28. The molecule has 0 radical (unpaired) electrons. The fraction of sp³-hybridized carbons (Fsp3) is 0.182. The van der Waals surface area contributed by atoms with E-state index in [0.717, 1.165) is 16.6 Å². The smallest absolute Gasteiger partial charge is 0.261 e.